The molecule has 0 bridgehead atoms. The molecule has 0 saturated heterocycles. The second-order valence-corrected chi connectivity index (χ2v) is 26.4. The minimum atomic E-state index is -4.45. The van der Waals surface area contributed by atoms with E-state index in [2.05, 4.69) is 36.6 Å². The van der Waals surface area contributed by atoms with Crippen molar-refractivity contribution in [2.24, 2.45) is 11.3 Å². The number of nitrogens with zero attached hydrogens (tertiary/aromatic N) is 2. The smallest absolute Gasteiger partial charge is 0.407 e. The lowest BCUT2D eigenvalue weighted by Crippen LogP contribution is -2.61. The van der Waals surface area contributed by atoms with E-state index in [0.29, 0.717) is 37.7 Å². The van der Waals surface area contributed by atoms with Crippen LogP contribution in [-0.4, -0.2) is 135 Å². The number of likely N-dealkylation sites (N-methyl/N-ethyl adjacent to an activating group) is 2. The van der Waals surface area contributed by atoms with Gasteiger partial charge in [-0.2, -0.15) is 0 Å². The molecule has 5 atom stereocenters. The van der Waals surface area contributed by atoms with Crippen LogP contribution in [0.1, 0.15) is 138 Å². The molecule has 0 spiro atoms. The van der Waals surface area contributed by atoms with Gasteiger partial charge in [-0.05, 0) is 107 Å². The molecule has 22 heteroatoms. The molecule has 3 aromatic carbocycles. The van der Waals surface area contributed by atoms with Crippen LogP contribution in [0.15, 0.2) is 114 Å². The Balaban J connectivity index is 1.44. The van der Waals surface area contributed by atoms with Gasteiger partial charge in [0.1, 0.15) is 23.7 Å². The quantitative estimate of drug-likeness (QED) is 0.0221. The Hall–Kier alpha value is -7.72. The second-order valence-electron chi connectivity index (χ2n) is 24.7. The number of alkyl carbamates (subject to hydrolysis) is 1. The summed E-state index contributed by atoms with van der Waals surface area (Å²) in [5.41, 5.74) is 0.0795. The van der Waals surface area contributed by atoms with Crippen molar-refractivity contribution >= 4 is 63.4 Å². The third-order valence-corrected chi connectivity index (χ3v) is 16.1. The van der Waals surface area contributed by atoms with E-state index < -0.39 is 92.3 Å². The molecular formula is C64H91N9O12S. The van der Waals surface area contributed by atoms with E-state index in [1.165, 1.54) is 54.3 Å². The molecule has 1 aliphatic heterocycles. The highest BCUT2D eigenvalue weighted by molar-refractivity contribution is 7.90. The van der Waals surface area contributed by atoms with E-state index in [9.17, 15) is 51.6 Å². The first-order valence-electron chi connectivity index (χ1n) is 29.3. The molecule has 0 aromatic heterocycles. The van der Waals surface area contributed by atoms with Crippen LogP contribution in [0.5, 0.6) is 0 Å². The van der Waals surface area contributed by atoms with Gasteiger partial charge in [0, 0.05) is 62.7 Å². The van der Waals surface area contributed by atoms with Gasteiger partial charge in [0.25, 0.3) is 27.7 Å². The maximum Gasteiger partial charge on any atom is 0.407 e. The zero-order valence-corrected chi connectivity index (χ0v) is 53.1. The zero-order chi connectivity index (χ0) is 64.2. The van der Waals surface area contributed by atoms with Gasteiger partial charge in [-0.1, -0.05) is 134 Å². The van der Waals surface area contributed by atoms with Crippen LogP contribution in [0.4, 0.5) is 4.79 Å². The summed E-state index contributed by atoms with van der Waals surface area (Å²) in [5, 5.41) is 17.3. The molecule has 0 saturated carbocycles. The molecule has 1 heterocycles. The molecule has 0 radical (unpaired) electrons. The fourth-order valence-electron chi connectivity index (χ4n) is 9.75. The van der Waals surface area contributed by atoms with Gasteiger partial charge < -0.3 is 41.5 Å². The summed E-state index contributed by atoms with van der Waals surface area (Å²) in [7, 11) is -1.17. The van der Waals surface area contributed by atoms with Crippen LogP contribution in [0.3, 0.4) is 0 Å². The van der Waals surface area contributed by atoms with Gasteiger partial charge >= 0.3 is 6.09 Å². The standard InChI is InChI=1S/C64H91N9O12S/c1-42(2)50(72(13)60(81)55(62(4,5)6)70-59(80)54(65-12)64(10,11)46-27-19-15-20-28-46)39-43(3)56(77)71-86(83,84)47-33-31-45(32-34-47)41-67-57(78)48(29-22-23-37-66-61(82)85-63(7,8)9)69-58(79)49(40-44-25-17-14-18-26-44)68-51(74)30-21-16-24-38-73-52(75)35-36-53(73)76/h14-15,17-20,25-28,31-36,39,42,48-50,54-55,65H,16,21-24,29-30,37-38,40-41H2,1-13H3,(H,66,82)(H,67,78)(H,68,74)(H,69,79)(H,70,80)(H,71,77)/b43-39+/t48-,49-,50+,54+,55+/m0/s1. The van der Waals surface area contributed by atoms with Gasteiger partial charge in [0.15, 0.2) is 0 Å². The monoisotopic (exact) mass is 1210 g/mol. The SMILES string of the molecule is CN[C@H](C(=O)N[C@H](C(=O)N(C)[C@H](/C=C(\C)C(=O)NS(=O)(=O)c1ccc(CNC(=O)[C@H](CCCCNC(=O)OC(C)(C)C)NC(=O)[C@H](Cc2ccccc2)NC(=O)CCCCCN2C(=O)C=CC2=O)cc1)C(C)C)C(C)(C)C)C(C)(C)c1ccccc1. The van der Waals surface area contributed by atoms with Crippen molar-refractivity contribution in [1.29, 1.82) is 0 Å². The summed E-state index contributed by atoms with van der Waals surface area (Å²) in [4.78, 5) is 122. The van der Waals surface area contributed by atoms with Crippen molar-refractivity contribution in [1.82, 2.24) is 46.4 Å². The summed E-state index contributed by atoms with van der Waals surface area (Å²) in [6, 6.07) is 19.5. The summed E-state index contributed by atoms with van der Waals surface area (Å²) in [6.45, 7) is 20.2. The van der Waals surface area contributed by atoms with E-state index in [0.717, 1.165) is 16.0 Å². The van der Waals surface area contributed by atoms with Gasteiger partial charge in [-0.15, -0.1) is 0 Å². The average molecular weight is 1210 g/mol. The van der Waals surface area contributed by atoms with E-state index in [1.807, 2.05) is 97.0 Å². The lowest BCUT2D eigenvalue weighted by Gasteiger charge is -2.40. The van der Waals surface area contributed by atoms with Crippen molar-refractivity contribution < 1.29 is 56.3 Å². The number of sulfonamides is 1. The van der Waals surface area contributed by atoms with E-state index >= 15 is 0 Å². The molecule has 3 aromatic rings. The molecular weight excluding hydrogens is 1120 g/mol. The second kappa shape index (κ2) is 32.1. The third kappa shape index (κ3) is 22.0. The van der Waals surface area contributed by atoms with Crippen molar-refractivity contribution in [3.05, 3.63) is 125 Å². The zero-order valence-electron chi connectivity index (χ0n) is 52.3. The summed E-state index contributed by atoms with van der Waals surface area (Å²) >= 11 is 0. The van der Waals surface area contributed by atoms with Gasteiger partial charge in [0.05, 0.1) is 17.0 Å². The van der Waals surface area contributed by atoms with Crippen LogP contribution in [0, 0.1) is 11.3 Å². The molecule has 7 N–H and O–H groups in total. The van der Waals surface area contributed by atoms with Crippen LogP contribution >= 0.6 is 0 Å². The predicted octanol–water partition coefficient (Wildman–Crippen LogP) is 6.03. The maximum atomic E-state index is 14.4. The molecule has 0 fully saturated rings. The largest absolute Gasteiger partial charge is 0.444 e. The number of hydrogen-bond acceptors (Lipinski definition) is 13. The molecule has 0 unspecified atom stereocenters. The number of nitrogens with one attached hydrogen (secondary N) is 7. The molecule has 9 amide bonds. The summed E-state index contributed by atoms with van der Waals surface area (Å²) < 4.78 is 34.8. The third-order valence-electron chi connectivity index (χ3n) is 14.7. The number of carbonyl (C=O) groups is 9. The van der Waals surface area contributed by atoms with Crippen LogP contribution in [-0.2, 0) is 71.5 Å². The number of unbranched alkanes of at least 4 members (excludes halogenated alkanes) is 3. The lowest BCUT2D eigenvalue weighted by atomic mass is 9.76. The van der Waals surface area contributed by atoms with Crippen LogP contribution < -0.4 is 36.6 Å². The lowest BCUT2D eigenvalue weighted by molar-refractivity contribution is -0.141. The number of ether oxygens (including phenoxy) is 1. The number of benzene rings is 3. The van der Waals surface area contributed by atoms with Gasteiger partial charge in [-0.25, -0.2) is 17.9 Å². The molecule has 4 rings (SSSR count). The van der Waals surface area contributed by atoms with Crippen LogP contribution in [0.2, 0.25) is 0 Å². The predicted molar refractivity (Wildman–Crippen MR) is 329 cm³/mol. The number of rotatable bonds is 31. The normalized spacial score (nSPS) is 14.8. The van der Waals surface area contributed by atoms with Crippen molar-refractivity contribution in [2.45, 2.75) is 180 Å². The Morgan fingerprint density at radius 1 is 0.674 bits per heavy atom. The number of carbonyl (C=O) groups excluding carboxylic acids is 9. The first kappa shape index (κ1) is 70.8. The molecule has 470 valence electrons. The van der Waals surface area contributed by atoms with Gasteiger partial charge in [-0.3, -0.25) is 43.3 Å². The Bertz CT molecular complexity index is 2990. The maximum absolute atomic E-state index is 14.4. The Morgan fingerprint density at radius 2 is 1.28 bits per heavy atom. The highest BCUT2D eigenvalue weighted by Gasteiger charge is 2.42. The Labute approximate surface area is 508 Å². The van der Waals surface area contributed by atoms with E-state index in [1.54, 1.807) is 47.0 Å². The number of amides is 9. The van der Waals surface area contributed by atoms with E-state index in [-0.39, 0.29) is 73.0 Å². The number of hydrogen-bond donors (Lipinski definition) is 7. The fourth-order valence-corrected chi connectivity index (χ4v) is 10.8. The van der Waals surface area contributed by atoms with Crippen molar-refractivity contribution in [3.8, 4) is 0 Å². The molecule has 21 nitrogen and oxygen atoms in total. The average Bonchev–Trinajstić information content (AvgIpc) is 2.16. The first-order chi connectivity index (χ1) is 40.2. The fraction of sp³-hybridized carbons (Fsp3) is 0.516. The van der Waals surface area contributed by atoms with Gasteiger partial charge in [0.2, 0.25) is 29.5 Å². The first-order valence-corrected chi connectivity index (χ1v) is 30.8. The molecule has 1 aliphatic rings. The Kier molecular flexibility index (Phi) is 26.4. The van der Waals surface area contributed by atoms with Crippen molar-refractivity contribution in [3.63, 3.8) is 0 Å². The molecule has 0 aliphatic carbocycles. The topological polar surface area (TPSA) is 288 Å². The van der Waals surface area contributed by atoms with E-state index in [4.69, 9.17) is 4.74 Å². The highest BCUT2D eigenvalue weighted by atomic mass is 32.2. The molecule has 86 heavy (non-hydrogen) atoms. The number of imide groups is 1. The summed E-state index contributed by atoms with van der Waals surface area (Å²) in [6.07, 6.45) is 5.91. The minimum absolute atomic E-state index is 0.0231. The Morgan fingerprint density at radius 3 is 1.85 bits per heavy atom. The van der Waals surface area contributed by atoms with Crippen molar-refractivity contribution in [2.75, 3.05) is 27.2 Å². The minimum Gasteiger partial charge on any atom is -0.444 e. The highest BCUT2D eigenvalue weighted by Crippen LogP contribution is 2.29. The van der Waals surface area contributed by atoms with Crippen LogP contribution in [0.25, 0.3) is 0 Å². The summed E-state index contributed by atoms with van der Waals surface area (Å²) in [5.74, 6) is -4.30.